The van der Waals surface area contributed by atoms with Gasteiger partial charge in [0.15, 0.2) is 0 Å². The Morgan fingerprint density at radius 1 is 1.23 bits per heavy atom. The van der Waals surface area contributed by atoms with Crippen LogP contribution in [-0.4, -0.2) is 45.9 Å². The summed E-state index contributed by atoms with van der Waals surface area (Å²) in [5.74, 6) is 0. The first-order chi connectivity index (χ1) is 5.99. The van der Waals surface area contributed by atoms with Gasteiger partial charge < -0.3 is 15.1 Å². The second kappa shape index (κ2) is 2.94. The molecule has 1 aliphatic heterocycles. The van der Waals surface area contributed by atoms with Crippen LogP contribution < -0.4 is 0 Å². The van der Waals surface area contributed by atoms with Crippen molar-refractivity contribution in [1.82, 2.24) is 4.90 Å². The maximum Gasteiger partial charge on any atom is 0.0758 e. The van der Waals surface area contributed by atoms with E-state index in [0.29, 0.717) is 0 Å². The van der Waals surface area contributed by atoms with Crippen molar-refractivity contribution in [2.24, 2.45) is 0 Å². The summed E-state index contributed by atoms with van der Waals surface area (Å²) in [6.45, 7) is 4.57. The van der Waals surface area contributed by atoms with Gasteiger partial charge in [-0.25, -0.2) is 0 Å². The van der Waals surface area contributed by atoms with E-state index in [0.717, 1.165) is 45.3 Å². The van der Waals surface area contributed by atoms with E-state index in [-0.39, 0.29) is 5.60 Å². The molecule has 2 rings (SSSR count). The minimum absolute atomic E-state index is 0.339. The molecule has 2 fully saturated rings. The second-order valence-corrected chi connectivity index (χ2v) is 5.00. The predicted molar refractivity (Wildman–Crippen MR) is 50.5 cm³/mol. The Labute approximate surface area is 79.4 Å². The van der Waals surface area contributed by atoms with Crippen molar-refractivity contribution in [3.63, 3.8) is 0 Å². The van der Waals surface area contributed by atoms with Crippen molar-refractivity contribution in [2.45, 2.75) is 43.8 Å². The Kier molecular flexibility index (Phi) is 2.13. The monoisotopic (exact) mass is 185 g/mol. The van der Waals surface area contributed by atoms with Gasteiger partial charge in [-0.15, -0.1) is 0 Å². The molecular formula is C10H19NO2. The molecule has 1 atom stereocenters. The quantitative estimate of drug-likeness (QED) is 0.667. The van der Waals surface area contributed by atoms with Gasteiger partial charge in [-0.1, -0.05) is 0 Å². The van der Waals surface area contributed by atoms with Gasteiger partial charge in [0.1, 0.15) is 0 Å². The van der Waals surface area contributed by atoms with Crippen molar-refractivity contribution in [3.05, 3.63) is 0 Å². The zero-order chi connectivity index (χ0) is 9.53. The number of β-amino-alcohol motifs (C(OH)–C–C–N with tert-alkyl or cyclic N) is 1. The molecule has 1 saturated heterocycles. The molecule has 0 radical (unpaired) electrons. The first-order valence-electron chi connectivity index (χ1n) is 5.16. The van der Waals surface area contributed by atoms with Crippen LogP contribution in [0.25, 0.3) is 0 Å². The van der Waals surface area contributed by atoms with Crippen LogP contribution in [0.2, 0.25) is 0 Å². The summed E-state index contributed by atoms with van der Waals surface area (Å²) < 4.78 is 0. The summed E-state index contributed by atoms with van der Waals surface area (Å²) >= 11 is 0. The largest absolute Gasteiger partial charge is 0.390 e. The standard InChI is InChI=1S/C10H19NO2/c1-9(12)4-6-11(8-9)7-5-10(13)2-3-10/h12-13H,2-8H2,1H3. The molecule has 0 bridgehead atoms. The van der Waals surface area contributed by atoms with Gasteiger partial charge in [0.05, 0.1) is 11.2 Å². The van der Waals surface area contributed by atoms with E-state index in [4.69, 9.17) is 0 Å². The van der Waals surface area contributed by atoms with E-state index >= 15 is 0 Å². The molecule has 0 amide bonds. The molecule has 1 saturated carbocycles. The van der Waals surface area contributed by atoms with Crippen molar-refractivity contribution in [2.75, 3.05) is 19.6 Å². The molecule has 13 heavy (non-hydrogen) atoms. The summed E-state index contributed by atoms with van der Waals surface area (Å²) in [4.78, 5) is 2.25. The Bertz CT molecular complexity index is 199. The van der Waals surface area contributed by atoms with Crippen LogP contribution in [0.5, 0.6) is 0 Å². The minimum atomic E-state index is -0.494. The number of hydrogen-bond acceptors (Lipinski definition) is 3. The van der Waals surface area contributed by atoms with Crippen molar-refractivity contribution in [3.8, 4) is 0 Å². The fraction of sp³-hybridized carbons (Fsp3) is 1.00. The highest BCUT2D eigenvalue weighted by atomic mass is 16.3. The second-order valence-electron chi connectivity index (χ2n) is 5.00. The average Bonchev–Trinajstić information content (AvgIpc) is 2.65. The van der Waals surface area contributed by atoms with Crippen LogP contribution in [0.1, 0.15) is 32.6 Å². The third-order valence-electron chi connectivity index (χ3n) is 3.25. The van der Waals surface area contributed by atoms with Gasteiger partial charge in [0.25, 0.3) is 0 Å². The lowest BCUT2D eigenvalue weighted by molar-refractivity contribution is 0.0639. The van der Waals surface area contributed by atoms with Crippen molar-refractivity contribution >= 4 is 0 Å². The molecule has 1 unspecified atom stereocenters. The lowest BCUT2D eigenvalue weighted by Gasteiger charge is -2.19. The smallest absolute Gasteiger partial charge is 0.0758 e. The number of aliphatic hydroxyl groups is 2. The first-order valence-corrected chi connectivity index (χ1v) is 5.16. The van der Waals surface area contributed by atoms with E-state index in [1.54, 1.807) is 0 Å². The highest BCUT2D eigenvalue weighted by molar-refractivity contribution is 4.95. The van der Waals surface area contributed by atoms with Gasteiger partial charge in [0.2, 0.25) is 0 Å². The van der Waals surface area contributed by atoms with E-state index in [1.165, 1.54) is 0 Å². The summed E-state index contributed by atoms with van der Waals surface area (Å²) in [5, 5.41) is 19.3. The van der Waals surface area contributed by atoms with Crippen LogP contribution in [0.15, 0.2) is 0 Å². The van der Waals surface area contributed by atoms with Crippen LogP contribution >= 0.6 is 0 Å². The third kappa shape index (κ3) is 2.42. The summed E-state index contributed by atoms with van der Waals surface area (Å²) in [5.41, 5.74) is -0.833. The van der Waals surface area contributed by atoms with Crippen LogP contribution in [0, 0.1) is 0 Å². The molecule has 3 heteroatoms. The van der Waals surface area contributed by atoms with Gasteiger partial charge >= 0.3 is 0 Å². The van der Waals surface area contributed by atoms with E-state index < -0.39 is 5.60 Å². The molecule has 0 aromatic rings. The summed E-state index contributed by atoms with van der Waals surface area (Å²) in [7, 11) is 0. The molecule has 1 heterocycles. The fourth-order valence-corrected chi connectivity index (χ4v) is 1.99. The number of rotatable bonds is 3. The van der Waals surface area contributed by atoms with Crippen LogP contribution in [0.4, 0.5) is 0 Å². The van der Waals surface area contributed by atoms with Gasteiger partial charge in [-0.05, 0) is 32.6 Å². The minimum Gasteiger partial charge on any atom is -0.390 e. The number of hydrogen-bond donors (Lipinski definition) is 2. The van der Waals surface area contributed by atoms with Crippen LogP contribution in [-0.2, 0) is 0 Å². The van der Waals surface area contributed by atoms with E-state index in [2.05, 4.69) is 4.90 Å². The Morgan fingerprint density at radius 3 is 2.38 bits per heavy atom. The highest BCUT2D eigenvalue weighted by Gasteiger charge is 2.41. The molecule has 0 aromatic carbocycles. The van der Waals surface area contributed by atoms with Crippen molar-refractivity contribution in [1.29, 1.82) is 0 Å². The topological polar surface area (TPSA) is 43.7 Å². The summed E-state index contributed by atoms with van der Waals surface area (Å²) in [6.07, 6.45) is 3.68. The SMILES string of the molecule is CC1(O)CCN(CCC2(O)CC2)C1. The molecule has 76 valence electrons. The molecule has 2 aliphatic rings. The van der Waals surface area contributed by atoms with Crippen molar-refractivity contribution < 1.29 is 10.2 Å². The third-order valence-corrected chi connectivity index (χ3v) is 3.25. The van der Waals surface area contributed by atoms with Crippen LogP contribution in [0.3, 0.4) is 0 Å². The number of likely N-dealkylation sites (tertiary alicyclic amines) is 1. The Morgan fingerprint density at radius 2 is 1.92 bits per heavy atom. The summed E-state index contributed by atoms with van der Waals surface area (Å²) in [6, 6.07) is 0. The molecule has 0 spiro atoms. The Balaban J connectivity index is 1.72. The lowest BCUT2D eigenvalue weighted by atomic mass is 10.1. The zero-order valence-corrected chi connectivity index (χ0v) is 8.29. The van der Waals surface area contributed by atoms with E-state index in [1.807, 2.05) is 6.92 Å². The highest BCUT2D eigenvalue weighted by Crippen LogP contribution is 2.38. The predicted octanol–water partition coefficient (Wildman–Crippen LogP) is 0.358. The number of nitrogens with zero attached hydrogens (tertiary/aromatic N) is 1. The Hall–Kier alpha value is -0.120. The van der Waals surface area contributed by atoms with Gasteiger partial charge in [-0.3, -0.25) is 0 Å². The normalized spacial score (nSPS) is 38.1. The fourth-order valence-electron chi connectivity index (χ4n) is 1.99. The molecular weight excluding hydrogens is 166 g/mol. The van der Waals surface area contributed by atoms with Gasteiger partial charge in [0, 0.05) is 19.6 Å². The molecule has 1 aliphatic carbocycles. The van der Waals surface area contributed by atoms with Gasteiger partial charge in [-0.2, -0.15) is 0 Å². The molecule has 3 nitrogen and oxygen atoms in total. The molecule has 2 N–H and O–H groups in total. The lowest BCUT2D eigenvalue weighted by Crippen LogP contribution is -2.31. The maximum absolute atomic E-state index is 9.71. The molecule has 0 aromatic heterocycles. The average molecular weight is 185 g/mol. The zero-order valence-electron chi connectivity index (χ0n) is 8.29. The first kappa shape index (κ1) is 9.44. The van der Waals surface area contributed by atoms with E-state index in [9.17, 15) is 10.2 Å². The maximum atomic E-state index is 9.71.